The molecule has 3 heteroatoms. The van der Waals surface area contributed by atoms with E-state index < -0.39 is 23.2 Å². The summed E-state index contributed by atoms with van der Waals surface area (Å²) < 4.78 is 2.51. The van der Waals surface area contributed by atoms with E-state index in [0.29, 0.717) is 3.63 Å². The molecule has 0 saturated heterocycles. The van der Waals surface area contributed by atoms with Crippen molar-refractivity contribution in [2.75, 3.05) is 0 Å². The van der Waals surface area contributed by atoms with Gasteiger partial charge in [0.1, 0.15) is 0 Å². The molecule has 0 aliphatic heterocycles. The number of rotatable bonds is 2. The van der Waals surface area contributed by atoms with Gasteiger partial charge < -0.3 is 24.8 Å². The summed E-state index contributed by atoms with van der Waals surface area (Å²) in [6.07, 6.45) is 4.88. The Morgan fingerprint density at radius 2 is 1.46 bits per heavy atom. The maximum absolute atomic E-state index is 2.50. The molecule has 0 nitrogen and oxygen atoms in total. The number of hydrogen-bond acceptors (Lipinski definition) is 0. The van der Waals surface area contributed by atoms with Crippen LogP contribution in [0.25, 0.3) is 6.08 Å². The Balaban J connectivity index is 0.00000144. The fourth-order valence-corrected chi connectivity index (χ4v) is 8.81. The van der Waals surface area contributed by atoms with Crippen LogP contribution in [0.1, 0.15) is 60.5 Å². The normalized spacial score (nSPS) is 20.5. The summed E-state index contributed by atoms with van der Waals surface area (Å²) in [7, 11) is 0. The van der Waals surface area contributed by atoms with Crippen LogP contribution >= 0.6 is 0 Å². The number of fused-ring (bicyclic) bond motifs is 1. The van der Waals surface area contributed by atoms with Crippen LogP contribution in [-0.2, 0) is 23.2 Å². The molecule has 0 heterocycles. The van der Waals surface area contributed by atoms with Crippen molar-refractivity contribution in [2.24, 2.45) is 5.41 Å². The van der Waals surface area contributed by atoms with E-state index in [1.165, 1.54) is 16.7 Å². The maximum Gasteiger partial charge on any atom is -1.00 e. The van der Waals surface area contributed by atoms with Gasteiger partial charge in [-0.05, 0) is 0 Å². The molecule has 1 unspecified atom stereocenters. The van der Waals surface area contributed by atoms with Gasteiger partial charge in [-0.2, -0.15) is 0 Å². The SMILES string of the molecule is CC1=C(C)C(C)(C)[C]([Zr+2][CH]2C=Cc3c(C)ccc(C)c32)=C1C.[Cl-].[Cl-]. The predicted octanol–water partition coefficient (Wildman–Crippen LogP) is 0.112. The zero-order valence-electron chi connectivity index (χ0n) is 15.6. The summed E-state index contributed by atoms with van der Waals surface area (Å²) >= 11 is -0.682. The van der Waals surface area contributed by atoms with E-state index in [1.54, 1.807) is 25.6 Å². The second-order valence-corrected chi connectivity index (χ2v) is 10.9. The topological polar surface area (TPSA) is 0 Å². The van der Waals surface area contributed by atoms with Crippen molar-refractivity contribution in [1.82, 2.24) is 0 Å². The van der Waals surface area contributed by atoms with Crippen LogP contribution in [0.5, 0.6) is 0 Å². The van der Waals surface area contributed by atoms with Crippen LogP contribution in [0.2, 0.25) is 0 Å². The molecule has 1 aromatic rings. The first-order valence-electron chi connectivity index (χ1n) is 8.19. The maximum atomic E-state index is 2.50. The van der Waals surface area contributed by atoms with E-state index >= 15 is 0 Å². The van der Waals surface area contributed by atoms with Crippen molar-refractivity contribution < 1.29 is 48.0 Å². The molecule has 0 saturated carbocycles. The van der Waals surface area contributed by atoms with Crippen molar-refractivity contribution >= 4 is 6.08 Å². The van der Waals surface area contributed by atoms with Gasteiger partial charge >= 0.3 is 147 Å². The van der Waals surface area contributed by atoms with Crippen molar-refractivity contribution in [1.29, 1.82) is 0 Å². The number of hydrogen-bond donors (Lipinski definition) is 0. The molecule has 0 N–H and O–H groups in total. The second kappa shape index (κ2) is 7.65. The predicted molar refractivity (Wildman–Crippen MR) is 92.5 cm³/mol. The van der Waals surface area contributed by atoms with Gasteiger partial charge in [-0.3, -0.25) is 0 Å². The third kappa shape index (κ3) is 3.29. The summed E-state index contributed by atoms with van der Waals surface area (Å²) in [5.41, 5.74) is 11.1. The number of allylic oxidation sites excluding steroid dienone is 5. The first kappa shape index (κ1) is 21.9. The van der Waals surface area contributed by atoms with Gasteiger partial charge in [-0.25, -0.2) is 0 Å². The molecule has 0 amide bonds. The van der Waals surface area contributed by atoms with Crippen molar-refractivity contribution in [3.8, 4) is 0 Å². The third-order valence-electron chi connectivity index (χ3n) is 5.85. The fraction of sp³-hybridized carbons (Fsp3) is 0.429. The molecular weight excluding hydrogens is 414 g/mol. The average molecular weight is 441 g/mol. The Bertz CT molecular complexity index is 751. The van der Waals surface area contributed by atoms with Gasteiger partial charge in [0.15, 0.2) is 0 Å². The van der Waals surface area contributed by atoms with Gasteiger partial charge in [0, 0.05) is 0 Å². The molecule has 0 bridgehead atoms. The molecular formula is C21H26Cl2Zr. The monoisotopic (exact) mass is 438 g/mol. The first-order chi connectivity index (χ1) is 10.2. The number of aryl methyl sites for hydroxylation is 2. The molecule has 3 rings (SSSR count). The van der Waals surface area contributed by atoms with Crippen molar-refractivity contribution in [3.05, 3.63) is 60.5 Å². The van der Waals surface area contributed by atoms with E-state index in [9.17, 15) is 0 Å². The van der Waals surface area contributed by atoms with Crippen LogP contribution in [0, 0.1) is 19.3 Å². The van der Waals surface area contributed by atoms with Crippen LogP contribution in [0.15, 0.2) is 38.2 Å². The van der Waals surface area contributed by atoms with Crippen LogP contribution in [-0.4, -0.2) is 0 Å². The molecule has 1 aromatic carbocycles. The Morgan fingerprint density at radius 3 is 2.00 bits per heavy atom. The van der Waals surface area contributed by atoms with Crippen LogP contribution in [0.3, 0.4) is 0 Å². The Hall–Kier alpha value is -0.0969. The molecule has 0 radical (unpaired) electrons. The summed E-state index contributed by atoms with van der Waals surface area (Å²) in [4.78, 5) is 0. The molecule has 1 atom stereocenters. The minimum absolute atomic E-state index is 0. The molecule has 2 aliphatic rings. The average Bonchev–Trinajstić information content (AvgIpc) is 2.95. The van der Waals surface area contributed by atoms with Crippen LogP contribution in [0.4, 0.5) is 0 Å². The van der Waals surface area contributed by atoms with Crippen LogP contribution < -0.4 is 24.8 Å². The zero-order valence-corrected chi connectivity index (χ0v) is 19.6. The largest absolute Gasteiger partial charge is 1.00 e. The van der Waals surface area contributed by atoms with Crippen molar-refractivity contribution in [3.63, 3.8) is 0 Å². The van der Waals surface area contributed by atoms with Gasteiger partial charge in [-0.1, -0.05) is 0 Å². The molecule has 128 valence electrons. The smallest absolute Gasteiger partial charge is 1.00 e. The molecule has 24 heavy (non-hydrogen) atoms. The molecule has 2 aliphatic carbocycles. The number of halogens is 2. The van der Waals surface area contributed by atoms with Gasteiger partial charge in [-0.15, -0.1) is 0 Å². The Labute approximate surface area is 171 Å². The van der Waals surface area contributed by atoms with Gasteiger partial charge in [0.25, 0.3) is 0 Å². The summed E-state index contributed by atoms with van der Waals surface area (Å²) in [6.45, 7) is 16.4. The summed E-state index contributed by atoms with van der Waals surface area (Å²) in [6, 6.07) is 4.58. The molecule has 0 fully saturated rings. The number of benzene rings is 1. The zero-order chi connectivity index (χ0) is 16.2. The van der Waals surface area contributed by atoms with E-state index in [2.05, 4.69) is 72.8 Å². The quantitative estimate of drug-likeness (QED) is 0.613. The summed E-state index contributed by atoms with van der Waals surface area (Å²) in [5.74, 6) is 0. The first-order valence-corrected chi connectivity index (χ1v) is 10.8. The minimum Gasteiger partial charge on any atom is -1.00 e. The summed E-state index contributed by atoms with van der Waals surface area (Å²) in [5, 5.41) is 0. The standard InChI is InChI=1S/C11H11.C10H15.2ClH.Zr/c1-8-6-7-9(2)11-5-3-4-10(8)11;1-7-6-10(4,5)9(3)8(7)2;;;/h3-7H,1-2H3;1-5H3;2*1H;/q;;;;+2/p-2. The molecule has 0 spiro atoms. The third-order valence-corrected chi connectivity index (χ3v) is 11.0. The van der Waals surface area contributed by atoms with Gasteiger partial charge in [0.05, 0.1) is 0 Å². The Morgan fingerprint density at radius 1 is 0.875 bits per heavy atom. The van der Waals surface area contributed by atoms with E-state index in [1.807, 2.05) is 0 Å². The van der Waals surface area contributed by atoms with Gasteiger partial charge in [0.2, 0.25) is 0 Å². The van der Waals surface area contributed by atoms with Crippen molar-refractivity contribution in [2.45, 2.75) is 52.1 Å². The van der Waals surface area contributed by atoms with E-state index in [-0.39, 0.29) is 30.2 Å². The Kier molecular flexibility index (Phi) is 6.99. The second-order valence-electron chi connectivity index (χ2n) is 7.38. The fourth-order valence-electron chi connectivity index (χ4n) is 3.94. The molecule has 0 aromatic heterocycles. The van der Waals surface area contributed by atoms with E-state index in [4.69, 9.17) is 0 Å². The minimum atomic E-state index is -0.682. The van der Waals surface area contributed by atoms with E-state index in [0.717, 1.165) is 0 Å².